The quantitative estimate of drug-likeness (QED) is 0.206. The molecule has 1 rings (SSSR count). The number of hydrogen-bond acceptors (Lipinski definition) is 3. The first-order valence-corrected chi connectivity index (χ1v) is 8.51. The summed E-state index contributed by atoms with van der Waals surface area (Å²) in [6, 6.07) is 0. The van der Waals surface area contributed by atoms with Crippen LogP contribution < -0.4 is 10.6 Å². The number of hydrogen-bond donors (Lipinski definition) is 2. The Labute approximate surface area is 153 Å². The van der Waals surface area contributed by atoms with Crippen molar-refractivity contribution in [2.75, 3.05) is 46.9 Å². The highest BCUT2D eigenvalue weighted by Crippen LogP contribution is 2.19. The number of nitrogens with zero attached hydrogens (tertiary/aromatic N) is 2. The molecule has 0 spiro atoms. The third kappa shape index (κ3) is 10.6. The SMILES string of the molecule is CCN(C)CCNC(=NC)NCCOC1CCCCCC1.I. The summed E-state index contributed by atoms with van der Waals surface area (Å²) in [4.78, 5) is 6.50. The maximum atomic E-state index is 5.96. The summed E-state index contributed by atoms with van der Waals surface area (Å²) in [5.41, 5.74) is 0. The van der Waals surface area contributed by atoms with Crippen LogP contribution in [0.15, 0.2) is 4.99 Å². The van der Waals surface area contributed by atoms with E-state index < -0.39 is 0 Å². The molecule has 0 atom stereocenters. The van der Waals surface area contributed by atoms with Gasteiger partial charge in [-0.15, -0.1) is 24.0 Å². The number of guanidine groups is 1. The van der Waals surface area contributed by atoms with Crippen molar-refractivity contribution in [3.63, 3.8) is 0 Å². The molecule has 0 aromatic heterocycles. The van der Waals surface area contributed by atoms with Crippen molar-refractivity contribution in [2.24, 2.45) is 4.99 Å². The molecule has 0 saturated heterocycles. The van der Waals surface area contributed by atoms with Gasteiger partial charge in [0.15, 0.2) is 5.96 Å². The molecule has 0 amide bonds. The van der Waals surface area contributed by atoms with Crippen molar-refractivity contribution in [3.05, 3.63) is 0 Å². The topological polar surface area (TPSA) is 48.9 Å². The second-order valence-corrected chi connectivity index (χ2v) is 5.81. The van der Waals surface area contributed by atoms with Crippen LogP contribution in [0.4, 0.5) is 0 Å². The van der Waals surface area contributed by atoms with Gasteiger partial charge in [0.2, 0.25) is 0 Å². The number of rotatable bonds is 8. The van der Waals surface area contributed by atoms with Gasteiger partial charge in [0, 0.05) is 26.7 Å². The van der Waals surface area contributed by atoms with E-state index in [1.54, 1.807) is 0 Å². The van der Waals surface area contributed by atoms with Crippen molar-refractivity contribution in [1.29, 1.82) is 0 Å². The maximum Gasteiger partial charge on any atom is 0.191 e. The molecule has 5 nitrogen and oxygen atoms in total. The molecular formula is C16H35IN4O. The lowest BCUT2D eigenvalue weighted by Gasteiger charge is -2.18. The van der Waals surface area contributed by atoms with Crippen LogP contribution in [-0.2, 0) is 4.74 Å². The number of aliphatic imine (C=N–C) groups is 1. The zero-order chi connectivity index (χ0) is 15.3. The molecule has 22 heavy (non-hydrogen) atoms. The zero-order valence-corrected chi connectivity index (χ0v) is 16.9. The molecule has 1 aliphatic carbocycles. The molecule has 0 radical (unpaired) electrons. The van der Waals surface area contributed by atoms with E-state index in [1.807, 2.05) is 7.05 Å². The molecule has 0 unspecified atom stereocenters. The fourth-order valence-corrected chi connectivity index (χ4v) is 2.55. The van der Waals surface area contributed by atoms with Crippen molar-refractivity contribution >= 4 is 29.9 Å². The van der Waals surface area contributed by atoms with Crippen LogP contribution in [0.2, 0.25) is 0 Å². The molecular weight excluding hydrogens is 391 g/mol. The van der Waals surface area contributed by atoms with Gasteiger partial charge in [-0.05, 0) is 26.4 Å². The molecule has 1 fully saturated rings. The minimum absolute atomic E-state index is 0. The van der Waals surface area contributed by atoms with Crippen LogP contribution >= 0.6 is 24.0 Å². The molecule has 0 aromatic carbocycles. The predicted octanol–water partition coefficient (Wildman–Crippen LogP) is 2.46. The summed E-state index contributed by atoms with van der Waals surface area (Å²) in [7, 11) is 3.93. The van der Waals surface area contributed by atoms with Crippen molar-refractivity contribution in [3.8, 4) is 0 Å². The Morgan fingerprint density at radius 3 is 2.36 bits per heavy atom. The van der Waals surface area contributed by atoms with E-state index >= 15 is 0 Å². The van der Waals surface area contributed by atoms with Gasteiger partial charge in [-0.3, -0.25) is 4.99 Å². The number of likely N-dealkylation sites (N-methyl/N-ethyl adjacent to an activating group) is 1. The molecule has 6 heteroatoms. The van der Waals surface area contributed by atoms with E-state index in [-0.39, 0.29) is 24.0 Å². The van der Waals surface area contributed by atoms with E-state index in [0.29, 0.717) is 6.10 Å². The van der Waals surface area contributed by atoms with E-state index in [1.165, 1.54) is 38.5 Å². The van der Waals surface area contributed by atoms with E-state index in [9.17, 15) is 0 Å². The van der Waals surface area contributed by atoms with E-state index in [4.69, 9.17) is 4.74 Å². The standard InChI is InChI=1S/C16H34N4O.HI/c1-4-20(3)13-11-18-16(17-2)19-12-14-21-15-9-7-5-6-8-10-15;/h15H,4-14H2,1-3H3,(H2,17,18,19);1H. The van der Waals surface area contributed by atoms with Gasteiger partial charge in [-0.1, -0.05) is 32.6 Å². The molecule has 2 N–H and O–H groups in total. The first-order valence-electron chi connectivity index (χ1n) is 8.51. The first kappa shape index (κ1) is 21.9. The highest BCUT2D eigenvalue weighted by molar-refractivity contribution is 14.0. The first-order chi connectivity index (χ1) is 10.3. The number of halogens is 1. The van der Waals surface area contributed by atoms with E-state index in [0.717, 1.165) is 38.7 Å². The molecule has 0 bridgehead atoms. The van der Waals surface area contributed by atoms with Gasteiger partial charge in [-0.25, -0.2) is 0 Å². The van der Waals surface area contributed by atoms with Gasteiger partial charge < -0.3 is 20.3 Å². The Morgan fingerprint density at radius 2 is 1.77 bits per heavy atom. The zero-order valence-electron chi connectivity index (χ0n) is 14.6. The summed E-state index contributed by atoms with van der Waals surface area (Å²) in [5.74, 6) is 0.865. The van der Waals surface area contributed by atoms with Crippen LogP contribution in [0.5, 0.6) is 0 Å². The molecule has 0 aliphatic heterocycles. The van der Waals surface area contributed by atoms with E-state index in [2.05, 4.69) is 34.5 Å². The summed E-state index contributed by atoms with van der Waals surface area (Å²) in [6.45, 7) is 6.75. The highest BCUT2D eigenvalue weighted by Gasteiger charge is 2.12. The second kappa shape index (κ2) is 14.5. The van der Waals surface area contributed by atoms with Crippen LogP contribution in [-0.4, -0.2) is 63.8 Å². The Kier molecular flexibility index (Phi) is 14.5. The minimum Gasteiger partial charge on any atom is -0.376 e. The summed E-state index contributed by atoms with van der Waals surface area (Å²) < 4.78 is 5.96. The fraction of sp³-hybridized carbons (Fsp3) is 0.938. The number of ether oxygens (including phenoxy) is 1. The number of nitrogens with one attached hydrogen (secondary N) is 2. The van der Waals surface area contributed by atoms with Crippen molar-refractivity contribution in [2.45, 2.75) is 51.6 Å². The van der Waals surface area contributed by atoms with Crippen LogP contribution in [0.1, 0.15) is 45.4 Å². The van der Waals surface area contributed by atoms with Crippen molar-refractivity contribution in [1.82, 2.24) is 15.5 Å². The minimum atomic E-state index is 0. The van der Waals surface area contributed by atoms with Crippen molar-refractivity contribution < 1.29 is 4.74 Å². The lowest BCUT2D eigenvalue weighted by Crippen LogP contribution is -2.42. The third-order valence-corrected chi connectivity index (χ3v) is 4.10. The Morgan fingerprint density at radius 1 is 1.14 bits per heavy atom. The predicted molar refractivity (Wildman–Crippen MR) is 105 cm³/mol. The lowest BCUT2D eigenvalue weighted by molar-refractivity contribution is 0.0468. The third-order valence-electron chi connectivity index (χ3n) is 4.10. The van der Waals surface area contributed by atoms with Crippen LogP contribution in [0.25, 0.3) is 0 Å². The van der Waals surface area contributed by atoms with Gasteiger partial charge in [0.05, 0.1) is 12.7 Å². The van der Waals surface area contributed by atoms with Crippen LogP contribution in [0, 0.1) is 0 Å². The summed E-state index contributed by atoms with van der Waals surface area (Å²) in [6.07, 6.45) is 8.34. The lowest BCUT2D eigenvalue weighted by atomic mass is 10.1. The molecule has 0 heterocycles. The monoisotopic (exact) mass is 426 g/mol. The Hall–Kier alpha value is -0.0800. The highest BCUT2D eigenvalue weighted by atomic mass is 127. The summed E-state index contributed by atoms with van der Waals surface area (Å²) in [5, 5.41) is 6.64. The average molecular weight is 426 g/mol. The maximum absolute atomic E-state index is 5.96. The average Bonchev–Trinajstić information content (AvgIpc) is 2.78. The Bertz CT molecular complexity index is 281. The second-order valence-electron chi connectivity index (χ2n) is 5.81. The molecule has 132 valence electrons. The van der Waals surface area contributed by atoms with Gasteiger partial charge in [0.25, 0.3) is 0 Å². The fourth-order valence-electron chi connectivity index (χ4n) is 2.55. The van der Waals surface area contributed by atoms with Gasteiger partial charge in [0.1, 0.15) is 0 Å². The smallest absolute Gasteiger partial charge is 0.191 e. The molecule has 0 aromatic rings. The normalized spacial score (nSPS) is 17.0. The van der Waals surface area contributed by atoms with Crippen LogP contribution in [0.3, 0.4) is 0 Å². The molecule has 1 aliphatic rings. The molecule has 1 saturated carbocycles. The largest absolute Gasteiger partial charge is 0.376 e. The Balaban J connectivity index is 0.00000441. The summed E-state index contributed by atoms with van der Waals surface area (Å²) >= 11 is 0. The van der Waals surface area contributed by atoms with Gasteiger partial charge in [-0.2, -0.15) is 0 Å². The van der Waals surface area contributed by atoms with Gasteiger partial charge >= 0.3 is 0 Å².